The molecule has 0 heterocycles. The highest BCUT2D eigenvalue weighted by molar-refractivity contribution is 5.80. The summed E-state index contributed by atoms with van der Waals surface area (Å²) in [5.74, 6) is 0.373. The van der Waals surface area contributed by atoms with E-state index in [9.17, 15) is 4.79 Å². The number of Topliss-reactive ketones (excluding diaryl/α,β-unsaturated/α-hetero) is 1. The molecule has 0 bridgehead atoms. The lowest BCUT2D eigenvalue weighted by atomic mass is 10.0. The van der Waals surface area contributed by atoms with Crippen LogP contribution in [0.4, 0.5) is 0 Å². The maximum atomic E-state index is 11.4. The van der Waals surface area contributed by atoms with Crippen molar-refractivity contribution >= 4 is 5.78 Å². The molecule has 0 aromatic rings. The van der Waals surface area contributed by atoms with E-state index in [-0.39, 0.29) is 0 Å². The molecule has 0 aliphatic rings. The highest BCUT2D eigenvalue weighted by Crippen LogP contribution is 2.10. The van der Waals surface area contributed by atoms with Crippen molar-refractivity contribution in [2.75, 3.05) is 0 Å². The normalized spacial score (nSPS) is 10.3. The summed E-state index contributed by atoms with van der Waals surface area (Å²) in [6, 6.07) is 0. The molecular weight excluding hydrogens is 184 g/mol. The Labute approximate surface area is 95.0 Å². The number of ketones is 1. The molecule has 0 rings (SSSR count). The minimum absolute atomic E-state index is 0.373. The first-order chi connectivity index (χ1) is 7.20. The summed E-state index contributed by atoms with van der Waals surface area (Å²) in [5.41, 5.74) is 1.07. The van der Waals surface area contributed by atoms with Gasteiger partial charge in [-0.1, -0.05) is 58.1 Å². The maximum Gasteiger partial charge on any atom is 0.136 e. The van der Waals surface area contributed by atoms with Crippen LogP contribution >= 0.6 is 0 Å². The van der Waals surface area contributed by atoms with Crippen LogP contribution in [-0.4, -0.2) is 5.78 Å². The van der Waals surface area contributed by atoms with Crippen LogP contribution in [0.5, 0.6) is 0 Å². The van der Waals surface area contributed by atoms with Gasteiger partial charge in [-0.3, -0.25) is 4.79 Å². The van der Waals surface area contributed by atoms with E-state index in [1.807, 2.05) is 0 Å². The summed E-state index contributed by atoms with van der Waals surface area (Å²) in [6.07, 6.45) is 9.81. The highest BCUT2D eigenvalue weighted by atomic mass is 16.1. The van der Waals surface area contributed by atoms with Gasteiger partial charge in [-0.15, -0.1) is 0 Å². The molecular formula is C14H26O. The lowest BCUT2D eigenvalue weighted by Gasteiger charge is -2.02. The third-order valence-corrected chi connectivity index (χ3v) is 2.76. The van der Waals surface area contributed by atoms with Gasteiger partial charge in [0.25, 0.3) is 0 Å². The van der Waals surface area contributed by atoms with Crippen molar-refractivity contribution in [3.05, 3.63) is 12.2 Å². The molecule has 0 fully saturated rings. The van der Waals surface area contributed by atoms with Crippen LogP contribution in [0.25, 0.3) is 0 Å². The van der Waals surface area contributed by atoms with Crippen molar-refractivity contribution in [1.82, 2.24) is 0 Å². The van der Waals surface area contributed by atoms with Crippen molar-refractivity contribution in [3.63, 3.8) is 0 Å². The van der Waals surface area contributed by atoms with E-state index < -0.39 is 0 Å². The fourth-order valence-electron chi connectivity index (χ4n) is 1.59. The number of rotatable bonds is 10. The molecule has 0 aromatic heterocycles. The fourth-order valence-corrected chi connectivity index (χ4v) is 1.59. The van der Waals surface area contributed by atoms with Crippen LogP contribution in [0.1, 0.15) is 71.6 Å². The third kappa shape index (κ3) is 9.71. The van der Waals surface area contributed by atoms with Crippen LogP contribution in [0.3, 0.4) is 0 Å². The summed E-state index contributed by atoms with van der Waals surface area (Å²) >= 11 is 0. The van der Waals surface area contributed by atoms with Crippen LogP contribution < -0.4 is 0 Å². The largest absolute Gasteiger partial charge is 0.299 e. The summed E-state index contributed by atoms with van der Waals surface area (Å²) < 4.78 is 0. The van der Waals surface area contributed by atoms with E-state index in [0.717, 1.165) is 24.8 Å². The Balaban J connectivity index is 3.28. The molecule has 0 unspecified atom stereocenters. The monoisotopic (exact) mass is 210 g/mol. The number of allylic oxidation sites excluding steroid dienone is 1. The second-order valence-corrected chi connectivity index (χ2v) is 4.34. The zero-order chi connectivity index (χ0) is 11.5. The Morgan fingerprint density at radius 3 is 2.20 bits per heavy atom. The Bertz CT molecular complexity index is 182. The summed E-state index contributed by atoms with van der Waals surface area (Å²) in [5, 5.41) is 0. The van der Waals surface area contributed by atoms with E-state index in [1.54, 1.807) is 0 Å². The Kier molecular flexibility index (Phi) is 9.55. The number of unbranched alkanes of at least 4 members (excludes halogenated alkanes) is 5. The molecule has 0 aliphatic heterocycles. The maximum absolute atomic E-state index is 11.4. The van der Waals surface area contributed by atoms with Gasteiger partial charge in [0, 0.05) is 12.8 Å². The van der Waals surface area contributed by atoms with Crippen LogP contribution in [0.2, 0.25) is 0 Å². The minimum atomic E-state index is 0.373. The Morgan fingerprint density at radius 1 is 1.00 bits per heavy atom. The average molecular weight is 210 g/mol. The molecule has 1 heteroatoms. The van der Waals surface area contributed by atoms with Crippen molar-refractivity contribution in [2.24, 2.45) is 0 Å². The van der Waals surface area contributed by atoms with Gasteiger partial charge < -0.3 is 0 Å². The number of hydrogen-bond donors (Lipinski definition) is 0. The van der Waals surface area contributed by atoms with E-state index in [1.165, 1.54) is 32.1 Å². The van der Waals surface area contributed by atoms with E-state index in [4.69, 9.17) is 0 Å². The first-order valence-electron chi connectivity index (χ1n) is 6.39. The topological polar surface area (TPSA) is 17.1 Å². The summed E-state index contributed by atoms with van der Waals surface area (Å²) in [7, 11) is 0. The molecule has 0 radical (unpaired) electrons. The summed E-state index contributed by atoms with van der Waals surface area (Å²) in [6.45, 7) is 8.14. The van der Waals surface area contributed by atoms with Gasteiger partial charge in [0.15, 0.2) is 0 Å². The van der Waals surface area contributed by atoms with Crippen LogP contribution in [0, 0.1) is 0 Å². The Hall–Kier alpha value is -0.590. The van der Waals surface area contributed by atoms with Gasteiger partial charge in [-0.25, -0.2) is 0 Å². The predicted octanol–water partition coefficient (Wildman–Crippen LogP) is 4.66. The lowest BCUT2D eigenvalue weighted by Crippen LogP contribution is -1.98. The molecule has 1 nitrogen and oxygen atoms in total. The van der Waals surface area contributed by atoms with Gasteiger partial charge >= 0.3 is 0 Å². The third-order valence-electron chi connectivity index (χ3n) is 2.76. The van der Waals surface area contributed by atoms with Gasteiger partial charge in [0.1, 0.15) is 5.78 Å². The van der Waals surface area contributed by atoms with Crippen LogP contribution in [-0.2, 0) is 4.79 Å². The zero-order valence-corrected chi connectivity index (χ0v) is 10.5. The zero-order valence-electron chi connectivity index (χ0n) is 10.5. The molecule has 88 valence electrons. The van der Waals surface area contributed by atoms with E-state index >= 15 is 0 Å². The first-order valence-corrected chi connectivity index (χ1v) is 6.39. The standard InChI is InChI=1S/C14H26O/c1-4-6-7-8-9-10-11-14(15)12-13(3)5-2/h3-12H2,1-2H3. The first kappa shape index (κ1) is 14.4. The SMILES string of the molecule is C=C(CC)CC(=O)CCCCCCCC. The fraction of sp³-hybridized carbons (Fsp3) is 0.786. The second-order valence-electron chi connectivity index (χ2n) is 4.34. The highest BCUT2D eigenvalue weighted by Gasteiger charge is 2.02. The van der Waals surface area contributed by atoms with Gasteiger partial charge in [-0.05, 0) is 12.8 Å². The smallest absolute Gasteiger partial charge is 0.136 e. The van der Waals surface area contributed by atoms with E-state index in [0.29, 0.717) is 12.2 Å². The second kappa shape index (κ2) is 9.95. The molecule has 0 aliphatic carbocycles. The molecule has 0 saturated heterocycles. The van der Waals surface area contributed by atoms with Gasteiger partial charge in [0.05, 0.1) is 0 Å². The quantitative estimate of drug-likeness (QED) is 0.378. The van der Waals surface area contributed by atoms with E-state index in [2.05, 4.69) is 20.4 Å². The Morgan fingerprint density at radius 2 is 1.60 bits per heavy atom. The molecule has 15 heavy (non-hydrogen) atoms. The molecule has 0 N–H and O–H groups in total. The predicted molar refractivity (Wildman–Crippen MR) is 67.0 cm³/mol. The van der Waals surface area contributed by atoms with Crippen molar-refractivity contribution in [3.8, 4) is 0 Å². The lowest BCUT2D eigenvalue weighted by molar-refractivity contribution is -0.118. The number of carbonyl (C=O) groups is 1. The van der Waals surface area contributed by atoms with Crippen molar-refractivity contribution in [2.45, 2.75) is 71.6 Å². The summed E-state index contributed by atoms with van der Waals surface area (Å²) in [4.78, 5) is 11.4. The molecule has 0 saturated carbocycles. The van der Waals surface area contributed by atoms with Crippen LogP contribution in [0.15, 0.2) is 12.2 Å². The molecule has 0 atom stereocenters. The number of carbonyl (C=O) groups excluding carboxylic acids is 1. The van der Waals surface area contributed by atoms with Crippen molar-refractivity contribution < 1.29 is 4.79 Å². The average Bonchev–Trinajstić information content (AvgIpc) is 2.23. The molecule has 0 aromatic carbocycles. The van der Waals surface area contributed by atoms with Gasteiger partial charge in [0.2, 0.25) is 0 Å². The van der Waals surface area contributed by atoms with Crippen molar-refractivity contribution in [1.29, 1.82) is 0 Å². The molecule has 0 amide bonds. The minimum Gasteiger partial charge on any atom is -0.299 e. The molecule has 0 spiro atoms. The number of hydrogen-bond acceptors (Lipinski definition) is 1. The van der Waals surface area contributed by atoms with Gasteiger partial charge in [-0.2, -0.15) is 0 Å².